The van der Waals surface area contributed by atoms with Gasteiger partial charge in [0, 0.05) is 30.4 Å². The molecule has 0 aliphatic rings. The fourth-order valence-corrected chi connectivity index (χ4v) is 2.96. The van der Waals surface area contributed by atoms with Crippen LogP contribution in [0.3, 0.4) is 0 Å². The quantitative estimate of drug-likeness (QED) is 0.318. The van der Waals surface area contributed by atoms with Crippen LogP contribution in [-0.2, 0) is 0 Å². The van der Waals surface area contributed by atoms with Gasteiger partial charge >= 0.3 is 0 Å². The monoisotopic (exact) mass is 340 g/mol. The third-order valence-electron chi connectivity index (χ3n) is 4.20. The Hall–Kier alpha value is -3.45. The maximum Gasteiger partial charge on any atom is 0.182 e. The van der Waals surface area contributed by atoms with Gasteiger partial charge in [0.25, 0.3) is 0 Å². The minimum Gasteiger partial charge on any atom is -0.277 e. The van der Waals surface area contributed by atoms with Crippen LogP contribution in [0.4, 0.5) is 0 Å². The standard InChI is InChI=1S/C22H20N4/c23-17-26-22(20-12-7-14-24-16-20)25-15-13-21(18-8-3-1-4-9-18)19-10-5-2-6-11-19/h1-12,14,16,21H,13,15H2,(H,25,26). The lowest BCUT2D eigenvalue weighted by atomic mass is 9.88. The fourth-order valence-electron chi connectivity index (χ4n) is 2.96. The number of nitrogens with zero attached hydrogens (tertiary/aromatic N) is 3. The van der Waals surface area contributed by atoms with Crippen LogP contribution in [-0.4, -0.2) is 17.4 Å². The highest BCUT2D eigenvalue weighted by molar-refractivity contribution is 5.99. The average Bonchev–Trinajstić information content (AvgIpc) is 2.72. The van der Waals surface area contributed by atoms with E-state index in [1.165, 1.54) is 11.1 Å². The first-order valence-corrected chi connectivity index (χ1v) is 8.58. The predicted molar refractivity (Wildman–Crippen MR) is 104 cm³/mol. The van der Waals surface area contributed by atoms with E-state index < -0.39 is 0 Å². The van der Waals surface area contributed by atoms with Crippen LogP contribution in [0, 0.1) is 11.5 Å². The van der Waals surface area contributed by atoms with Crippen molar-refractivity contribution in [2.75, 3.05) is 6.54 Å². The fraction of sp³-hybridized carbons (Fsp3) is 0.136. The van der Waals surface area contributed by atoms with E-state index in [9.17, 15) is 0 Å². The van der Waals surface area contributed by atoms with Crippen LogP contribution in [0.5, 0.6) is 0 Å². The number of rotatable bonds is 6. The van der Waals surface area contributed by atoms with E-state index >= 15 is 0 Å². The summed E-state index contributed by atoms with van der Waals surface area (Å²) in [6.07, 6.45) is 6.22. The zero-order valence-corrected chi connectivity index (χ0v) is 14.4. The molecule has 2 aromatic carbocycles. The second kappa shape index (κ2) is 9.14. The Labute approximate surface area is 153 Å². The molecule has 4 heteroatoms. The maximum absolute atomic E-state index is 9.00. The van der Waals surface area contributed by atoms with Crippen molar-refractivity contribution in [3.63, 3.8) is 0 Å². The number of pyridine rings is 1. The van der Waals surface area contributed by atoms with Gasteiger partial charge in [-0.2, -0.15) is 5.26 Å². The molecule has 0 amide bonds. The maximum atomic E-state index is 9.00. The highest BCUT2D eigenvalue weighted by Gasteiger charge is 2.13. The van der Waals surface area contributed by atoms with Gasteiger partial charge < -0.3 is 0 Å². The van der Waals surface area contributed by atoms with Crippen LogP contribution >= 0.6 is 0 Å². The van der Waals surface area contributed by atoms with Crippen molar-refractivity contribution in [2.24, 2.45) is 4.99 Å². The summed E-state index contributed by atoms with van der Waals surface area (Å²) in [7, 11) is 0. The Morgan fingerprint density at radius 1 is 0.962 bits per heavy atom. The molecule has 0 bridgehead atoms. The summed E-state index contributed by atoms with van der Waals surface area (Å²) >= 11 is 0. The Morgan fingerprint density at radius 3 is 2.15 bits per heavy atom. The van der Waals surface area contributed by atoms with E-state index in [4.69, 9.17) is 5.26 Å². The third kappa shape index (κ3) is 4.55. The molecule has 0 saturated carbocycles. The van der Waals surface area contributed by atoms with Crippen LogP contribution < -0.4 is 5.32 Å². The van der Waals surface area contributed by atoms with E-state index in [0.717, 1.165) is 12.0 Å². The van der Waals surface area contributed by atoms with Crippen molar-refractivity contribution in [1.29, 1.82) is 5.26 Å². The molecule has 1 heterocycles. The molecule has 3 aromatic rings. The number of amidine groups is 1. The molecule has 128 valence electrons. The SMILES string of the molecule is N#CNC(=NCCC(c1ccccc1)c1ccccc1)c1cccnc1. The molecule has 0 aliphatic carbocycles. The molecule has 0 saturated heterocycles. The van der Waals surface area contributed by atoms with Crippen molar-refractivity contribution in [2.45, 2.75) is 12.3 Å². The molecule has 0 radical (unpaired) electrons. The second-order valence-electron chi connectivity index (χ2n) is 5.87. The minimum absolute atomic E-state index is 0.262. The Morgan fingerprint density at radius 2 is 1.62 bits per heavy atom. The van der Waals surface area contributed by atoms with E-state index in [-0.39, 0.29) is 5.92 Å². The number of nitriles is 1. The number of benzene rings is 2. The molecule has 3 rings (SSSR count). The van der Waals surface area contributed by atoms with Gasteiger partial charge in [-0.15, -0.1) is 0 Å². The number of hydrogen-bond donors (Lipinski definition) is 1. The van der Waals surface area contributed by atoms with Gasteiger partial charge in [0.05, 0.1) is 0 Å². The zero-order chi connectivity index (χ0) is 18.0. The first-order chi connectivity index (χ1) is 12.9. The summed E-state index contributed by atoms with van der Waals surface area (Å²) in [6, 6.07) is 24.6. The predicted octanol–water partition coefficient (Wildman–Crippen LogP) is 4.12. The van der Waals surface area contributed by atoms with Gasteiger partial charge in [-0.25, -0.2) is 0 Å². The topological polar surface area (TPSA) is 61.1 Å². The van der Waals surface area contributed by atoms with E-state index in [0.29, 0.717) is 12.4 Å². The number of aromatic nitrogens is 1. The summed E-state index contributed by atoms with van der Waals surface area (Å²) in [5, 5.41) is 11.7. The molecule has 0 fully saturated rings. The number of hydrogen-bond acceptors (Lipinski definition) is 3. The largest absolute Gasteiger partial charge is 0.277 e. The first-order valence-electron chi connectivity index (χ1n) is 8.58. The molecule has 1 aromatic heterocycles. The second-order valence-corrected chi connectivity index (χ2v) is 5.87. The molecule has 0 spiro atoms. The lowest BCUT2D eigenvalue weighted by Crippen LogP contribution is -2.20. The molecular weight excluding hydrogens is 320 g/mol. The highest BCUT2D eigenvalue weighted by Crippen LogP contribution is 2.27. The van der Waals surface area contributed by atoms with Gasteiger partial charge in [0.2, 0.25) is 0 Å². The summed E-state index contributed by atoms with van der Waals surface area (Å²) in [4.78, 5) is 8.71. The molecule has 0 aliphatic heterocycles. The highest BCUT2D eigenvalue weighted by atomic mass is 15.0. The summed E-state index contributed by atoms with van der Waals surface area (Å²) < 4.78 is 0. The van der Waals surface area contributed by atoms with Crippen molar-refractivity contribution < 1.29 is 0 Å². The molecule has 0 atom stereocenters. The minimum atomic E-state index is 0.262. The van der Waals surface area contributed by atoms with Crippen molar-refractivity contribution in [3.8, 4) is 6.19 Å². The summed E-state index contributed by atoms with van der Waals surface area (Å²) in [6.45, 7) is 0.605. The van der Waals surface area contributed by atoms with Crippen molar-refractivity contribution >= 4 is 5.84 Å². The summed E-state index contributed by atoms with van der Waals surface area (Å²) in [5.41, 5.74) is 3.35. The summed E-state index contributed by atoms with van der Waals surface area (Å²) in [5.74, 6) is 0.818. The van der Waals surface area contributed by atoms with Crippen molar-refractivity contribution in [3.05, 3.63) is 102 Å². The molecular formula is C22H20N4. The van der Waals surface area contributed by atoms with Gasteiger partial charge in [0.1, 0.15) is 5.84 Å². The van der Waals surface area contributed by atoms with Crippen LogP contribution in [0.15, 0.2) is 90.2 Å². The van der Waals surface area contributed by atoms with Gasteiger partial charge in [-0.1, -0.05) is 60.7 Å². The van der Waals surface area contributed by atoms with E-state index in [1.807, 2.05) is 30.5 Å². The lowest BCUT2D eigenvalue weighted by molar-refractivity contribution is 0.726. The molecule has 4 nitrogen and oxygen atoms in total. The van der Waals surface area contributed by atoms with Gasteiger partial charge in [0.15, 0.2) is 6.19 Å². The Bertz CT molecular complexity index is 829. The lowest BCUT2D eigenvalue weighted by Gasteiger charge is -2.17. The molecule has 0 unspecified atom stereocenters. The number of nitrogens with one attached hydrogen (secondary N) is 1. The van der Waals surface area contributed by atoms with Crippen LogP contribution in [0.2, 0.25) is 0 Å². The van der Waals surface area contributed by atoms with Crippen LogP contribution in [0.25, 0.3) is 0 Å². The number of aliphatic imine (C=N–C) groups is 1. The van der Waals surface area contributed by atoms with Gasteiger partial charge in [-0.3, -0.25) is 15.3 Å². The normalized spacial score (nSPS) is 11.2. The molecule has 26 heavy (non-hydrogen) atoms. The van der Waals surface area contributed by atoms with E-state index in [1.54, 1.807) is 12.4 Å². The average molecular weight is 340 g/mol. The smallest absolute Gasteiger partial charge is 0.182 e. The van der Waals surface area contributed by atoms with Crippen LogP contribution in [0.1, 0.15) is 29.0 Å². The van der Waals surface area contributed by atoms with Crippen molar-refractivity contribution in [1.82, 2.24) is 10.3 Å². The Balaban J connectivity index is 1.80. The Kier molecular flexibility index (Phi) is 6.11. The zero-order valence-electron chi connectivity index (χ0n) is 14.4. The molecule has 1 N–H and O–H groups in total. The van der Waals surface area contributed by atoms with E-state index in [2.05, 4.69) is 63.8 Å². The first kappa shape index (κ1) is 17.4. The van der Waals surface area contributed by atoms with Gasteiger partial charge in [-0.05, 0) is 29.7 Å². The third-order valence-corrected chi connectivity index (χ3v) is 4.20.